The van der Waals surface area contributed by atoms with E-state index < -0.39 is 5.54 Å². The van der Waals surface area contributed by atoms with Crippen LogP contribution in [0.3, 0.4) is 0 Å². The lowest BCUT2D eigenvalue weighted by Gasteiger charge is -2.22. The maximum absolute atomic E-state index is 13.9. The lowest BCUT2D eigenvalue weighted by Crippen LogP contribution is -2.30. The van der Waals surface area contributed by atoms with E-state index in [1.54, 1.807) is 19.9 Å². The molecule has 1 rings (SSSR count). The maximum Gasteiger partial charge on any atom is 0.164 e. The van der Waals surface area contributed by atoms with Crippen molar-refractivity contribution in [2.75, 3.05) is 7.11 Å². The molecule has 0 spiro atoms. The van der Waals surface area contributed by atoms with Gasteiger partial charge in [-0.05, 0) is 33.8 Å². The van der Waals surface area contributed by atoms with Gasteiger partial charge in [0.2, 0.25) is 0 Å². The van der Waals surface area contributed by atoms with Crippen LogP contribution in [0.1, 0.15) is 33.3 Å². The van der Waals surface area contributed by atoms with E-state index in [9.17, 15) is 4.39 Å². The topological polar surface area (TPSA) is 44.5 Å². The van der Waals surface area contributed by atoms with Crippen LogP contribution in [-0.2, 0) is 5.54 Å². The molecule has 0 aliphatic rings. The summed E-state index contributed by atoms with van der Waals surface area (Å²) >= 11 is 0. The molecule has 0 radical (unpaired) electrons. The molecule has 17 heavy (non-hydrogen) atoms. The first-order chi connectivity index (χ1) is 7.75. The van der Waals surface area contributed by atoms with E-state index in [0.29, 0.717) is 17.1 Å². The summed E-state index contributed by atoms with van der Waals surface area (Å²) in [6.07, 6.45) is -0.0416. The number of methoxy groups -OCH3 is 1. The number of hydrogen-bond acceptors (Lipinski definition) is 3. The van der Waals surface area contributed by atoms with Crippen molar-refractivity contribution in [2.24, 2.45) is 5.73 Å². The van der Waals surface area contributed by atoms with Gasteiger partial charge in [0, 0.05) is 17.2 Å². The molecule has 0 saturated heterocycles. The molecule has 0 bridgehead atoms. The molecule has 3 nitrogen and oxygen atoms in total. The van der Waals surface area contributed by atoms with Crippen LogP contribution in [0.15, 0.2) is 12.1 Å². The highest BCUT2D eigenvalue weighted by atomic mass is 19.1. The van der Waals surface area contributed by atoms with Crippen LogP contribution in [0.4, 0.5) is 4.39 Å². The molecule has 0 aliphatic carbocycles. The SMILES string of the molecule is COc1cc(C(C)(C)N)c(F)cc1OC(C)C. The summed E-state index contributed by atoms with van der Waals surface area (Å²) in [5, 5.41) is 0. The highest BCUT2D eigenvalue weighted by Crippen LogP contribution is 2.34. The van der Waals surface area contributed by atoms with E-state index in [-0.39, 0.29) is 11.9 Å². The van der Waals surface area contributed by atoms with Crippen LogP contribution in [0, 0.1) is 5.82 Å². The summed E-state index contributed by atoms with van der Waals surface area (Å²) < 4.78 is 24.6. The Kier molecular flexibility index (Phi) is 3.98. The Balaban J connectivity index is 3.25. The van der Waals surface area contributed by atoms with Crippen molar-refractivity contribution < 1.29 is 13.9 Å². The van der Waals surface area contributed by atoms with Gasteiger partial charge in [0.25, 0.3) is 0 Å². The second-order valence-electron chi connectivity index (χ2n) is 4.87. The Bertz CT molecular complexity index is 397. The number of halogens is 1. The Hall–Kier alpha value is -1.29. The summed E-state index contributed by atoms with van der Waals surface area (Å²) in [5.41, 5.74) is 5.55. The number of hydrogen-bond donors (Lipinski definition) is 1. The zero-order valence-electron chi connectivity index (χ0n) is 11.0. The van der Waals surface area contributed by atoms with Gasteiger partial charge in [-0.15, -0.1) is 0 Å². The van der Waals surface area contributed by atoms with Crippen molar-refractivity contribution in [1.82, 2.24) is 0 Å². The van der Waals surface area contributed by atoms with E-state index in [1.165, 1.54) is 13.2 Å². The highest BCUT2D eigenvalue weighted by molar-refractivity contribution is 5.45. The van der Waals surface area contributed by atoms with Crippen LogP contribution in [0.5, 0.6) is 11.5 Å². The second-order valence-corrected chi connectivity index (χ2v) is 4.87. The van der Waals surface area contributed by atoms with Crippen molar-refractivity contribution in [3.05, 3.63) is 23.5 Å². The molecule has 0 amide bonds. The normalized spacial score (nSPS) is 11.8. The minimum absolute atomic E-state index is 0.0416. The summed E-state index contributed by atoms with van der Waals surface area (Å²) in [5.74, 6) is 0.510. The summed E-state index contributed by atoms with van der Waals surface area (Å²) in [6, 6.07) is 2.91. The van der Waals surface area contributed by atoms with Gasteiger partial charge in [-0.2, -0.15) is 0 Å². The fourth-order valence-electron chi connectivity index (χ4n) is 1.53. The zero-order chi connectivity index (χ0) is 13.2. The number of nitrogens with two attached hydrogens (primary N) is 1. The molecule has 0 aromatic heterocycles. The van der Waals surface area contributed by atoms with Crippen LogP contribution in [0.2, 0.25) is 0 Å². The van der Waals surface area contributed by atoms with E-state index in [4.69, 9.17) is 15.2 Å². The molecule has 96 valence electrons. The average molecular weight is 241 g/mol. The number of ether oxygens (including phenoxy) is 2. The summed E-state index contributed by atoms with van der Waals surface area (Å²) in [4.78, 5) is 0. The average Bonchev–Trinajstić information content (AvgIpc) is 2.14. The fraction of sp³-hybridized carbons (Fsp3) is 0.538. The van der Waals surface area contributed by atoms with Gasteiger partial charge in [-0.1, -0.05) is 0 Å². The van der Waals surface area contributed by atoms with Gasteiger partial charge in [0.15, 0.2) is 11.5 Å². The first-order valence-corrected chi connectivity index (χ1v) is 5.59. The smallest absolute Gasteiger partial charge is 0.164 e. The molecular formula is C13H20FNO2. The number of benzene rings is 1. The van der Waals surface area contributed by atoms with Gasteiger partial charge >= 0.3 is 0 Å². The third-order valence-corrected chi connectivity index (χ3v) is 2.31. The standard InChI is InChI=1S/C13H20FNO2/c1-8(2)17-12-7-10(14)9(13(3,4)15)6-11(12)16-5/h6-8H,15H2,1-5H3. The van der Waals surface area contributed by atoms with Crippen molar-refractivity contribution in [1.29, 1.82) is 0 Å². The minimum atomic E-state index is -0.756. The van der Waals surface area contributed by atoms with E-state index in [2.05, 4.69) is 0 Å². The molecule has 2 N–H and O–H groups in total. The molecule has 1 aromatic carbocycles. The summed E-state index contributed by atoms with van der Waals surface area (Å²) in [6.45, 7) is 7.23. The van der Waals surface area contributed by atoms with Gasteiger partial charge in [-0.25, -0.2) is 4.39 Å². The largest absolute Gasteiger partial charge is 0.493 e. The van der Waals surface area contributed by atoms with Gasteiger partial charge < -0.3 is 15.2 Å². The van der Waals surface area contributed by atoms with Crippen LogP contribution >= 0.6 is 0 Å². The first kappa shape index (κ1) is 13.8. The van der Waals surface area contributed by atoms with Crippen LogP contribution in [-0.4, -0.2) is 13.2 Å². The van der Waals surface area contributed by atoms with Gasteiger partial charge in [0.05, 0.1) is 13.2 Å². The van der Waals surface area contributed by atoms with Gasteiger partial charge in [-0.3, -0.25) is 0 Å². The highest BCUT2D eigenvalue weighted by Gasteiger charge is 2.22. The molecule has 0 fully saturated rings. The Morgan fingerprint density at radius 3 is 2.24 bits per heavy atom. The Morgan fingerprint density at radius 1 is 1.24 bits per heavy atom. The minimum Gasteiger partial charge on any atom is -0.493 e. The lowest BCUT2D eigenvalue weighted by molar-refractivity contribution is 0.228. The van der Waals surface area contributed by atoms with Gasteiger partial charge in [0.1, 0.15) is 5.82 Å². The van der Waals surface area contributed by atoms with E-state index >= 15 is 0 Å². The monoisotopic (exact) mass is 241 g/mol. The quantitative estimate of drug-likeness (QED) is 0.881. The molecule has 1 aromatic rings. The fourth-order valence-corrected chi connectivity index (χ4v) is 1.53. The maximum atomic E-state index is 13.9. The third-order valence-electron chi connectivity index (χ3n) is 2.31. The molecule has 0 heterocycles. The first-order valence-electron chi connectivity index (χ1n) is 5.59. The Labute approximate surface area is 102 Å². The molecule has 0 saturated carbocycles. The molecule has 4 heteroatoms. The third kappa shape index (κ3) is 3.33. The molecular weight excluding hydrogens is 221 g/mol. The van der Waals surface area contributed by atoms with Crippen molar-refractivity contribution in [2.45, 2.75) is 39.3 Å². The van der Waals surface area contributed by atoms with Crippen molar-refractivity contribution in [3.8, 4) is 11.5 Å². The summed E-state index contributed by atoms with van der Waals surface area (Å²) in [7, 11) is 1.52. The van der Waals surface area contributed by atoms with Crippen LogP contribution < -0.4 is 15.2 Å². The predicted molar refractivity (Wildman–Crippen MR) is 65.9 cm³/mol. The zero-order valence-corrected chi connectivity index (χ0v) is 11.0. The van der Waals surface area contributed by atoms with E-state index in [0.717, 1.165) is 0 Å². The predicted octanol–water partition coefficient (Wildman–Crippen LogP) is 2.82. The second kappa shape index (κ2) is 4.92. The molecule has 0 aliphatic heterocycles. The lowest BCUT2D eigenvalue weighted by atomic mass is 9.94. The van der Waals surface area contributed by atoms with E-state index in [1.807, 2.05) is 13.8 Å². The molecule has 0 atom stereocenters. The van der Waals surface area contributed by atoms with Crippen molar-refractivity contribution in [3.63, 3.8) is 0 Å². The van der Waals surface area contributed by atoms with Crippen LogP contribution in [0.25, 0.3) is 0 Å². The Morgan fingerprint density at radius 2 is 1.82 bits per heavy atom. The molecule has 0 unspecified atom stereocenters. The van der Waals surface area contributed by atoms with Crippen molar-refractivity contribution >= 4 is 0 Å². The number of rotatable bonds is 4.